The molecule has 1 aliphatic rings. The summed E-state index contributed by atoms with van der Waals surface area (Å²) in [4.78, 5) is 16.2. The number of hydrogen-bond donors (Lipinski definition) is 0. The van der Waals surface area contributed by atoms with Gasteiger partial charge in [-0.1, -0.05) is 17.7 Å². The van der Waals surface area contributed by atoms with E-state index in [9.17, 15) is 4.79 Å². The van der Waals surface area contributed by atoms with Crippen LogP contribution in [0.25, 0.3) is 0 Å². The van der Waals surface area contributed by atoms with Gasteiger partial charge >= 0.3 is 0 Å². The average molecular weight is 365 g/mol. The van der Waals surface area contributed by atoms with Crippen molar-refractivity contribution in [3.05, 3.63) is 32.4 Å². The number of hydrogen-bond acceptors (Lipinski definition) is 2. The number of likely N-dealkylation sites (N-methyl/N-ethyl adjacent to an activating group) is 1. The molecule has 92 valence electrons. The standard InChI is InChI=1S/C12H14ClIN2O/c1-15(2)8-6-16(7-8)12(17)9-4-3-5-10(13)11(9)14/h3-5,8H,6-7H2,1-2H3. The maximum absolute atomic E-state index is 12.2. The number of carbonyl (C=O) groups excluding carboxylic acids is 1. The number of halogens is 2. The van der Waals surface area contributed by atoms with Crippen LogP contribution >= 0.6 is 34.2 Å². The molecule has 0 N–H and O–H groups in total. The van der Waals surface area contributed by atoms with Crippen LogP contribution in [0.2, 0.25) is 5.02 Å². The zero-order valence-corrected chi connectivity index (χ0v) is 12.7. The molecule has 0 bridgehead atoms. The van der Waals surface area contributed by atoms with Crippen LogP contribution in [0, 0.1) is 3.57 Å². The van der Waals surface area contributed by atoms with Gasteiger partial charge in [0.15, 0.2) is 0 Å². The number of likely N-dealkylation sites (tertiary alicyclic amines) is 1. The van der Waals surface area contributed by atoms with Gasteiger partial charge in [0.25, 0.3) is 5.91 Å². The van der Waals surface area contributed by atoms with Crippen LogP contribution in [0.4, 0.5) is 0 Å². The summed E-state index contributed by atoms with van der Waals surface area (Å²) in [5.74, 6) is 0.0787. The van der Waals surface area contributed by atoms with Crippen molar-refractivity contribution >= 4 is 40.1 Å². The van der Waals surface area contributed by atoms with Crippen LogP contribution in [0.5, 0.6) is 0 Å². The van der Waals surface area contributed by atoms with Gasteiger partial charge in [-0.15, -0.1) is 0 Å². The predicted octanol–water partition coefficient (Wildman–Crippen LogP) is 2.33. The van der Waals surface area contributed by atoms with Gasteiger partial charge in [0, 0.05) is 22.7 Å². The number of carbonyl (C=O) groups is 1. The lowest BCUT2D eigenvalue weighted by Gasteiger charge is -2.42. The monoisotopic (exact) mass is 364 g/mol. The van der Waals surface area contributed by atoms with E-state index in [0.29, 0.717) is 16.6 Å². The Morgan fingerprint density at radius 1 is 1.47 bits per heavy atom. The van der Waals surface area contributed by atoms with Crippen molar-refractivity contribution in [1.82, 2.24) is 9.80 Å². The van der Waals surface area contributed by atoms with E-state index < -0.39 is 0 Å². The Morgan fingerprint density at radius 2 is 2.12 bits per heavy atom. The third kappa shape index (κ3) is 2.58. The minimum Gasteiger partial charge on any atom is -0.335 e. The largest absolute Gasteiger partial charge is 0.335 e. The highest BCUT2D eigenvalue weighted by Gasteiger charge is 2.33. The third-order valence-corrected chi connectivity index (χ3v) is 4.86. The molecular formula is C12H14ClIN2O. The molecule has 17 heavy (non-hydrogen) atoms. The zero-order valence-electron chi connectivity index (χ0n) is 9.78. The van der Waals surface area contributed by atoms with Gasteiger partial charge in [-0.05, 0) is 48.8 Å². The maximum Gasteiger partial charge on any atom is 0.255 e. The molecule has 1 aromatic rings. The first-order valence-corrected chi connectivity index (χ1v) is 6.86. The van der Waals surface area contributed by atoms with Gasteiger partial charge in [-0.2, -0.15) is 0 Å². The molecule has 1 aliphatic heterocycles. The predicted molar refractivity (Wildman–Crippen MR) is 77.5 cm³/mol. The summed E-state index contributed by atoms with van der Waals surface area (Å²) in [6, 6.07) is 5.94. The molecule has 0 atom stereocenters. The van der Waals surface area contributed by atoms with Crippen molar-refractivity contribution in [3.8, 4) is 0 Å². The molecule has 0 spiro atoms. The summed E-state index contributed by atoms with van der Waals surface area (Å²) in [5.41, 5.74) is 0.704. The molecule has 0 unspecified atom stereocenters. The van der Waals surface area contributed by atoms with Crippen LogP contribution in [-0.2, 0) is 0 Å². The van der Waals surface area contributed by atoms with Gasteiger partial charge in [0.2, 0.25) is 0 Å². The number of amides is 1. The molecule has 0 aliphatic carbocycles. The van der Waals surface area contributed by atoms with Crippen LogP contribution in [0.15, 0.2) is 18.2 Å². The summed E-state index contributed by atoms with van der Waals surface area (Å²) in [6.07, 6.45) is 0. The fraction of sp³-hybridized carbons (Fsp3) is 0.417. The lowest BCUT2D eigenvalue weighted by molar-refractivity contribution is 0.0398. The van der Waals surface area contributed by atoms with Crippen LogP contribution in [-0.4, -0.2) is 48.9 Å². The second kappa shape index (κ2) is 5.12. The Morgan fingerprint density at radius 3 is 2.71 bits per heavy atom. The highest BCUT2D eigenvalue weighted by molar-refractivity contribution is 14.1. The van der Waals surface area contributed by atoms with Crippen molar-refractivity contribution in [2.75, 3.05) is 27.2 Å². The van der Waals surface area contributed by atoms with Gasteiger partial charge in [0.1, 0.15) is 0 Å². The summed E-state index contributed by atoms with van der Waals surface area (Å²) in [6.45, 7) is 1.60. The van der Waals surface area contributed by atoms with Gasteiger partial charge < -0.3 is 9.80 Å². The Balaban J connectivity index is 2.09. The fourth-order valence-electron chi connectivity index (χ4n) is 1.79. The maximum atomic E-state index is 12.2. The highest BCUT2D eigenvalue weighted by Crippen LogP contribution is 2.25. The van der Waals surface area contributed by atoms with Crippen molar-refractivity contribution in [2.45, 2.75) is 6.04 Å². The Kier molecular flexibility index (Phi) is 3.95. The van der Waals surface area contributed by atoms with Crippen LogP contribution in [0.1, 0.15) is 10.4 Å². The normalized spacial score (nSPS) is 16.2. The van der Waals surface area contributed by atoms with E-state index in [-0.39, 0.29) is 5.91 Å². The van der Waals surface area contributed by atoms with E-state index in [1.54, 1.807) is 6.07 Å². The van der Waals surface area contributed by atoms with E-state index in [1.165, 1.54) is 0 Å². The number of rotatable bonds is 2. The smallest absolute Gasteiger partial charge is 0.255 e. The van der Waals surface area contributed by atoms with Crippen molar-refractivity contribution in [3.63, 3.8) is 0 Å². The molecule has 1 aromatic carbocycles. The molecule has 5 heteroatoms. The van der Waals surface area contributed by atoms with Gasteiger partial charge in [-0.25, -0.2) is 0 Å². The zero-order chi connectivity index (χ0) is 12.6. The lowest BCUT2D eigenvalue weighted by Crippen LogP contribution is -2.59. The Labute approximate surface area is 120 Å². The molecule has 0 saturated carbocycles. The van der Waals surface area contributed by atoms with Crippen molar-refractivity contribution in [1.29, 1.82) is 0 Å². The first-order valence-electron chi connectivity index (χ1n) is 5.40. The second-order valence-corrected chi connectivity index (χ2v) is 5.91. The minimum atomic E-state index is 0.0787. The van der Waals surface area contributed by atoms with E-state index >= 15 is 0 Å². The van der Waals surface area contributed by atoms with E-state index in [4.69, 9.17) is 11.6 Å². The molecule has 1 saturated heterocycles. The van der Waals surface area contributed by atoms with Crippen molar-refractivity contribution < 1.29 is 4.79 Å². The molecule has 2 rings (SSSR count). The topological polar surface area (TPSA) is 23.6 Å². The summed E-state index contributed by atoms with van der Waals surface area (Å²) < 4.78 is 0.838. The average Bonchev–Trinajstić information content (AvgIpc) is 2.19. The Bertz CT molecular complexity index is 444. The fourth-order valence-corrected chi connectivity index (χ4v) is 2.55. The van der Waals surface area contributed by atoms with E-state index in [1.807, 2.05) is 31.1 Å². The highest BCUT2D eigenvalue weighted by atomic mass is 127. The first-order chi connectivity index (χ1) is 8.00. The Hall–Kier alpha value is -0.330. The third-order valence-electron chi connectivity index (χ3n) is 3.06. The number of nitrogens with zero attached hydrogens (tertiary/aromatic N) is 2. The summed E-state index contributed by atoms with van der Waals surface area (Å²) in [7, 11) is 4.07. The molecule has 1 heterocycles. The van der Waals surface area contributed by atoms with E-state index in [0.717, 1.165) is 16.7 Å². The lowest BCUT2D eigenvalue weighted by atomic mass is 10.1. The summed E-state index contributed by atoms with van der Waals surface area (Å²) >= 11 is 8.14. The van der Waals surface area contributed by atoms with E-state index in [2.05, 4.69) is 27.5 Å². The quantitative estimate of drug-likeness (QED) is 0.752. The van der Waals surface area contributed by atoms with Crippen LogP contribution < -0.4 is 0 Å². The van der Waals surface area contributed by atoms with Crippen LogP contribution in [0.3, 0.4) is 0 Å². The number of benzene rings is 1. The van der Waals surface area contributed by atoms with Crippen molar-refractivity contribution in [2.24, 2.45) is 0 Å². The molecular weight excluding hydrogens is 351 g/mol. The second-order valence-electron chi connectivity index (χ2n) is 4.43. The SMILES string of the molecule is CN(C)C1CN(C(=O)c2cccc(Cl)c2I)C1. The first kappa shape index (κ1) is 13.1. The van der Waals surface area contributed by atoms with Gasteiger partial charge in [-0.3, -0.25) is 4.79 Å². The minimum absolute atomic E-state index is 0.0787. The molecule has 3 nitrogen and oxygen atoms in total. The molecule has 0 aromatic heterocycles. The molecule has 1 fully saturated rings. The molecule has 1 amide bonds. The van der Waals surface area contributed by atoms with Gasteiger partial charge in [0.05, 0.1) is 10.6 Å². The summed E-state index contributed by atoms with van der Waals surface area (Å²) in [5, 5.41) is 0.640. The molecule has 0 radical (unpaired) electrons.